The summed E-state index contributed by atoms with van der Waals surface area (Å²) in [4.78, 5) is 15.3. The molecule has 1 aliphatic heterocycles. The van der Waals surface area contributed by atoms with Crippen LogP contribution in [0.2, 0.25) is 5.02 Å². The van der Waals surface area contributed by atoms with E-state index in [1.54, 1.807) is 31.4 Å². The molecule has 3 rings (SSSR count). The predicted molar refractivity (Wildman–Crippen MR) is 128 cm³/mol. The van der Waals surface area contributed by atoms with Crippen LogP contribution in [0.15, 0.2) is 36.4 Å². The molecule has 1 N–H and O–H groups in total. The van der Waals surface area contributed by atoms with Crippen LogP contribution >= 0.6 is 46.4 Å². The highest BCUT2D eigenvalue weighted by atomic mass is 127. The molecule has 0 aromatic heterocycles. The predicted octanol–water partition coefficient (Wildman–Crippen LogP) is 5.13. The zero-order valence-corrected chi connectivity index (χ0v) is 19.8. The summed E-state index contributed by atoms with van der Waals surface area (Å²) in [5.41, 5.74) is 1.59. The number of ether oxygens (including phenoxy) is 2. The summed E-state index contributed by atoms with van der Waals surface area (Å²) in [5.74, 6) is 0.827. The molecule has 0 aliphatic carbocycles. The number of halogens is 2. The monoisotopic (exact) mass is 544 g/mol. The van der Waals surface area contributed by atoms with E-state index in [9.17, 15) is 4.79 Å². The topological polar surface area (TPSA) is 50.8 Å². The van der Waals surface area contributed by atoms with Gasteiger partial charge in [0.1, 0.15) is 4.99 Å². The van der Waals surface area contributed by atoms with E-state index in [2.05, 4.69) is 32.8 Å². The molecule has 5 nitrogen and oxygen atoms in total. The number of rotatable bonds is 6. The van der Waals surface area contributed by atoms with Gasteiger partial charge in [0.15, 0.2) is 18.1 Å². The molecular formula is C21H22ClIN2O3S. The average Bonchev–Trinajstić information content (AvgIpc) is 2.74. The third-order valence-electron chi connectivity index (χ3n) is 4.60. The van der Waals surface area contributed by atoms with Crippen molar-refractivity contribution in [2.75, 3.05) is 32.1 Å². The second-order valence-electron chi connectivity index (χ2n) is 6.69. The molecule has 0 unspecified atom stereocenters. The standard InChI is InChI=1S/C21H22ClIN2O3S/c1-27-18-12-14(21(29)25-9-3-2-4-10-25)11-17(23)20(18)28-13-19(26)24-16-7-5-15(22)6-8-16/h5-8,11-12H,2-4,9-10,13H2,1H3,(H,24,26). The van der Waals surface area contributed by atoms with Crippen LogP contribution in [0.1, 0.15) is 24.8 Å². The number of hydrogen-bond donors (Lipinski definition) is 1. The molecule has 0 bridgehead atoms. The lowest BCUT2D eigenvalue weighted by Gasteiger charge is -2.29. The summed E-state index contributed by atoms with van der Waals surface area (Å²) in [7, 11) is 1.58. The Labute approximate surface area is 194 Å². The van der Waals surface area contributed by atoms with Crippen molar-refractivity contribution >= 4 is 63.0 Å². The third kappa shape index (κ3) is 5.96. The summed E-state index contributed by atoms with van der Waals surface area (Å²) in [6.45, 7) is 1.84. The van der Waals surface area contributed by atoms with Gasteiger partial charge in [0.05, 0.1) is 10.7 Å². The van der Waals surface area contributed by atoms with Crippen LogP contribution in [-0.4, -0.2) is 42.6 Å². The van der Waals surface area contributed by atoms with E-state index in [0.29, 0.717) is 22.2 Å². The fraction of sp³-hybridized carbons (Fsp3) is 0.333. The first-order valence-corrected chi connectivity index (χ1v) is 11.2. The van der Waals surface area contributed by atoms with E-state index in [1.807, 2.05) is 12.1 Å². The number of amides is 1. The van der Waals surface area contributed by atoms with Crippen LogP contribution in [-0.2, 0) is 4.79 Å². The lowest BCUT2D eigenvalue weighted by atomic mass is 10.1. The van der Waals surface area contributed by atoms with E-state index in [1.165, 1.54) is 6.42 Å². The molecule has 0 radical (unpaired) electrons. The maximum Gasteiger partial charge on any atom is 0.262 e. The van der Waals surface area contributed by atoms with Gasteiger partial charge in [0.2, 0.25) is 0 Å². The van der Waals surface area contributed by atoms with Gasteiger partial charge in [-0.1, -0.05) is 23.8 Å². The lowest BCUT2D eigenvalue weighted by molar-refractivity contribution is -0.118. The lowest BCUT2D eigenvalue weighted by Crippen LogP contribution is -2.35. The van der Waals surface area contributed by atoms with Gasteiger partial charge in [-0.25, -0.2) is 0 Å². The van der Waals surface area contributed by atoms with Crippen molar-refractivity contribution in [3.8, 4) is 11.5 Å². The Morgan fingerprint density at radius 2 is 1.90 bits per heavy atom. The molecule has 1 saturated heterocycles. The molecule has 0 atom stereocenters. The van der Waals surface area contributed by atoms with Gasteiger partial charge < -0.3 is 19.7 Å². The van der Waals surface area contributed by atoms with Crippen LogP contribution in [0.3, 0.4) is 0 Å². The van der Waals surface area contributed by atoms with E-state index >= 15 is 0 Å². The zero-order valence-electron chi connectivity index (χ0n) is 16.0. The highest BCUT2D eigenvalue weighted by molar-refractivity contribution is 14.1. The number of carbonyl (C=O) groups is 1. The minimum Gasteiger partial charge on any atom is -0.493 e. The molecule has 0 saturated carbocycles. The fourth-order valence-corrected chi connectivity index (χ4v) is 4.31. The number of hydrogen-bond acceptors (Lipinski definition) is 4. The molecular weight excluding hydrogens is 523 g/mol. The van der Waals surface area contributed by atoms with Crippen LogP contribution in [0.4, 0.5) is 5.69 Å². The number of thiocarbonyl (C=S) groups is 1. The Hall–Kier alpha value is -1.58. The van der Waals surface area contributed by atoms with Crippen LogP contribution in [0.25, 0.3) is 0 Å². The number of anilines is 1. The normalized spacial score (nSPS) is 13.7. The smallest absolute Gasteiger partial charge is 0.262 e. The van der Waals surface area contributed by atoms with Crippen molar-refractivity contribution in [1.82, 2.24) is 4.90 Å². The van der Waals surface area contributed by atoms with Crippen LogP contribution in [0.5, 0.6) is 11.5 Å². The number of methoxy groups -OCH3 is 1. The molecule has 29 heavy (non-hydrogen) atoms. The molecule has 0 spiro atoms. The quantitative estimate of drug-likeness (QED) is 0.404. The van der Waals surface area contributed by atoms with Crippen molar-refractivity contribution < 1.29 is 14.3 Å². The fourth-order valence-electron chi connectivity index (χ4n) is 3.13. The Bertz CT molecular complexity index is 886. The summed E-state index contributed by atoms with van der Waals surface area (Å²) in [6.07, 6.45) is 3.58. The Balaban J connectivity index is 1.67. The SMILES string of the molecule is COc1cc(C(=S)N2CCCCC2)cc(I)c1OCC(=O)Nc1ccc(Cl)cc1. The van der Waals surface area contributed by atoms with Gasteiger partial charge in [-0.05, 0) is 78.3 Å². The van der Waals surface area contributed by atoms with Crippen molar-refractivity contribution in [3.63, 3.8) is 0 Å². The first kappa shape index (κ1) is 22.1. The minimum atomic E-state index is -0.266. The van der Waals surface area contributed by atoms with Crippen LogP contribution < -0.4 is 14.8 Å². The Morgan fingerprint density at radius 1 is 1.21 bits per heavy atom. The summed E-state index contributed by atoms with van der Waals surface area (Å²) >= 11 is 13.7. The second kappa shape index (κ2) is 10.4. The third-order valence-corrected chi connectivity index (χ3v) is 6.14. The van der Waals surface area contributed by atoms with Gasteiger partial charge in [-0.15, -0.1) is 0 Å². The highest BCUT2D eigenvalue weighted by Gasteiger charge is 2.19. The molecule has 1 fully saturated rings. The molecule has 154 valence electrons. The molecule has 8 heteroatoms. The molecule has 1 aliphatic rings. The number of nitrogens with zero attached hydrogens (tertiary/aromatic N) is 1. The van der Waals surface area contributed by atoms with E-state index in [-0.39, 0.29) is 12.5 Å². The minimum absolute atomic E-state index is 0.134. The molecule has 1 amide bonds. The first-order valence-electron chi connectivity index (χ1n) is 9.33. The van der Waals surface area contributed by atoms with Gasteiger partial charge in [0.25, 0.3) is 5.91 Å². The highest BCUT2D eigenvalue weighted by Crippen LogP contribution is 2.34. The summed E-state index contributed by atoms with van der Waals surface area (Å²) in [5, 5.41) is 3.39. The van der Waals surface area contributed by atoms with E-state index in [0.717, 1.165) is 40.1 Å². The Morgan fingerprint density at radius 3 is 2.55 bits per heavy atom. The van der Waals surface area contributed by atoms with E-state index < -0.39 is 0 Å². The van der Waals surface area contributed by atoms with Gasteiger partial charge in [-0.2, -0.15) is 0 Å². The van der Waals surface area contributed by atoms with Crippen molar-refractivity contribution in [3.05, 3.63) is 50.6 Å². The average molecular weight is 545 g/mol. The van der Waals surface area contributed by atoms with Crippen molar-refractivity contribution in [2.24, 2.45) is 0 Å². The van der Waals surface area contributed by atoms with Crippen LogP contribution in [0, 0.1) is 3.57 Å². The largest absolute Gasteiger partial charge is 0.493 e. The summed E-state index contributed by atoms with van der Waals surface area (Å²) < 4.78 is 12.1. The van der Waals surface area contributed by atoms with Crippen molar-refractivity contribution in [2.45, 2.75) is 19.3 Å². The maximum absolute atomic E-state index is 12.2. The van der Waals surface area contributed by atoms with Gasteiger partial charge in [-0.3, -0.25) is 4.79 Å². The summed E-state index contributed by atoms with van der Waals surface area (Å²) in [6, 6.07) is 10.8. The van der Waals surface area contributed by atoms with Gasteiger partial charge >= 0.3 is 0 Å². The van der Waals surface area contributed by atoms with Crippen molar-refractivity contribution in [1.29, 1.82) is 0 Å². The van der Waals surface area contributed by atoms with E-state index in [4.69, 9.17) is 33.3 Å². The number of benzene rings is 2. The molecule has 2 aromatic rings. The second-order valence-corrected chi connectivity index (χ2v) is 8.67. The molecule has 2 aromatic carbocycles. The number of carbonyl (C=O) groups excluding carboxylic acids is 1. The number of piperidine rings is 1. The maximum atomic E-state index is 12.2. The van der Waals surface area contributed by atoms with Gasteiger partial charge in [0, 0.05) is 29.4 Å². The molecule has 1 heterocycles. The first-order chi connectivity index (χ1) is 14.0. The Kier molecular flexibility index (Phi) is 7.97. The number of nitrogens with one attached hydrogen (secondary N) is 1. The number of likely N-dealkylation sites (tertiary alicyclic amines) is 1. The zero-order chi connectivity index (χ0) is 20.8.